The van der Waals surface area contributed by atoms with Gasteiger partial charge in [-0.05, 0) is 49.4 Å². The zero-order valence-electron chi connectivity index (χ0n) is 72.9. The Balaban J connectivity index is 5.19. The molecular formula is C91H178O17P2. The third-order valence-electron chi connectivity index (χ3n) is 22.0. The summed E-state index contributed by atoms with van der Waals surface area (Å²) >= 11 is 0. The van der Waals surface area contributed by atoms with Crippen molar-refractivity contribution < 1.29 is 80.2 Å². The third-order valence-corrected chi connectivity index (χ3v) is 23.9. The predicted octanol–water partition coefficient (Wildman–Crippen LogP) is 27.9. The molecule has 654 valence electrons. The molecule has 5 unspecified atom stereocenters. The van der Waals surface area contributed by atoms with Crippen molar-refractivity contribution in [2.75, 3.05) is 39.6 Å². The van der Waals surface area contributed by atoms with Crippen LogP contribution in [0.5, 0.6) is 0 Å². The molecule has 0 heterocycles. The fourth-order valence-electron chi connectivity index (χ4n) is 14.1. The summed E-state index contributed by atoms with van der Waals surface area (Å²) in [5, 5.41) is 10.7. The Morgan fingerprint density at radius 3 is 0.645 bits per heavy atom. The van der Waals surface area contributed by atoms with Gasteiger partial charge in [0.15, 0.2) is 12.2 Å². The Hall–Kier alpha value is -1.94. The zero-order valence-corrected chi connectivity index (χ0v) is 74.7. The minimum atomic E-state index is -4.97. The summed E-state index contributed by atoms with van der Waals surface area (Å²) in [6, 6.07) is 0. The lowest BCUT2D eigenvalue weighted by atomic mass is 9.99. The van der Waals surface area contributed by atoms with E-state index in [1.807, 2.05) is 0 Å². The number of aliphatic hydroxyl groups excluding tert-OH is 1. The number of unbranched alkanes of at least 4 members (excludes halogenated alkanes) is 52. The van der Waals surface area contributed by atoms with Crippen LogP contribution in [0, 0.1) is 23.7 Å². The van der Waals surface area contributed by atoms with Gasteiger partial charge in [-0.1, -0.05) is 428 Å². The number of phosphoric acid groups is 2. The highest BCUT2D eigenvalue weighted by Gasteiger charge is 2.31. The molecule has 0 spiro atoms. The summed E-state index contributed by atoms with van der Waals surface area (Å²) in [6.07, 6.45) is 71.0. The minimum Gasteiger partial charge on any atom is -0.462 e. The molecular weight excluding hydrogens is 1430 g/mol. The SMILES string of the molecule is CCC(C)CCCCCCCCCCCCCCCCCCCCC(=O)O[C@H](COC(=O)CCCCCCCCCCCCCCCCC(C)CC)COP(=O)(O)OCC(O)COP(=O)(O)OC[C@@H](COC(=O)CCCCCCCCC(C)C)OC(=O)CCCCCCCCCCCCCCCCCCCCC(C)C. The molecule has 0 aromatic rings. The number of aliphatic hydroxyl groups is 1. The monoisotopic (exact) mass is 1610 g/mol. The van der Waals surface area contributed by atoms with E-state index in [1.54, 1.807) is 0 Å². The highest BCUT2D eigenvalue weighted by molar-refractivity contribution is 7.47. The number of rotatable bonds is 88. The topological polar surface area (TPSA) is 237 Å². The van der Waals surface area contributed by atoms with E-state index in [1.165, 1.54) is 276 Å². The van der Waals surface area contributed by atoms with Gasteiger partial charge in [0.2, 0.25) is 0 Å². The van der Waals surface area contributed by atoms with Gasteiger partial charge in [0.1, 0.15) is 19.3 Å². The molecule has 0 saturated heterocycles. The Kier molecular flexibility index (Phi) is 78.1. The van der Waals surface area contributed by atoms with Crippen molar-refractivity contribution in [1.29, 1.82) is 0 Å². The number of esters is 4. The normalized spacial score (nSPS) is 14.3. The number of hydrogen-bond donors (Lipinski definition) is 3. The standard InChI is InChI=1S/C91H178O17P2/c1-9-83(7)69-61-53-44-38-32-26-20-16-12-14-18-22-30-36-42-48-57-65-73-90(95)107-86(77-101-88(93)71-63-55-46-40-34-28-24-23-27-33-39-45-54-62-70-84(8)10-2)79-105-109(97,98)103-75-85(92)76-104-110(99,100)106-80-87(78-102-89(94)72-64-56-50-49-52-60-68-82(5)6)108-91(96)74-66-58-47-41-35-29-21-17-13-11-15-19-25-31-37-43-51-59-67-81(3)4/h81-87,92H,9-80H2,1-8H3,(H,97,98)(H,99,100)/t83?,84?,85?,86-,87-/m1/s1. The van der Waals surface area contributed by atoms with Crippen LogP contribution in [0.4, 0.5) is 0 Å². The highest BCUT2D eigenvalue weighted by atomic mass is 31.2. The average molecular weight is 1610 g/mol. The lowest BCUT2D eigenvalue weighted by molar-refractivity contribution is -0.161. The molecule has 0 aromatic heterocycles. The van der Waals surface area contributed by atoms with Gasteiger partial charge in [0, 0.05) is 25.7 Å². The van der Waals surface area contributed by atoms with Gasteiger partial charge in [0.25, 0.3) is 0 Å². The number of carbonyl (C=O) groups is 4. The van der Waals surface area contributed by atoms with Crippen LogP contribution in [0.2, 0.25) is 0 Å². The van der Waals surface area contributed by atoms with E-state index in [-0.39, 0.29) is 25.7 Å². The molecule has 0 aromatic carbocycles. The first kappa shape index (κ1) is 108. The van der Waals surface area contributed by atoms with Crippen molar-refractivity contribution in [1.82, 2.24) is 0 Å². The van der Waals surface area contributed by atoms with Crippen molar-refractivity contribution in [3.8, 4) is 0 Å². The summed E-state index contributed by atoms with van der Waals surface area (Å²) in [5.41, 5.74) is 0. The molecule has 7 atom stereocenters. The van der Waals surface area contributed by atoms with Crippen molar-refractivity contribution in [2.45, 2.75) is 497 Å². The van der Waals surface area contributed by atoms with Crippen LogP contribution < -0.4 is 0 Å². The lowest BCUT2D eigenvalue weighted by Gasteiger charge is -2.21. The molecule has 0 bridgehead atoms. The Labute approximate surface area is 677 Å². The Morgan fingerprint density at radius 2 is 0.436 bits per heavy atom. The van der Waals surface area contributed by atoms with Crippen molar-refractivity contribution in [3.05, 3.63) is 0 Å². The number of carbonyl (C=O) groups excluding carboxylic acids is 4. The molecule has 0 radical (unpaired) electrons. The van der Waals surface area contributed by atoms with Gasteiger partial charge in [-0.2, -0.15) is 0 Å². The fraction of sp³-hybridized carbons (Fsp3) is 0.956. The first-order chi connectivity index (χ1) is 53.2. The second kappa shape index (κ2) is 79.5. The van der Waals surface area contributed by atoms with Crippen LogP contribution in [-0.2, 0) is 65.4 Å². The molecule has 0 aliphatic heterocycles. The van der Waals surface area contributed by atoms with E-state index >= 15 is 0 Å². The summed E-state index contributed by atoms with van der Waals surface area (Å²) in [6.45, 7) is 14.4. The largest absolute Gasteiger partial charge is 0.472 e. The Morgan fingerprint density at radius 1 is 0.255 bits per heavy atom. The smallest absolute Gasteiger partial charge is 0.462 e. The van der Waals surface area contributed by atoms with Crippen LogP contribution in [0.3, 0.4) is 0 Å². The molecule has 19 heteroatoms. The molecule has 17 nitrogen and oxygen atoms in total. The van der Waals surface area contributed by atoms with Crippen LogP contribution in [0.1, 0.15) is 479 Å². The van der Waals surface area contributed by atoms with Gasteiger partial charge < -0.3 is 33.8 Å². The fourth-order valence-corrected chi connectivity index (χ4v) is 15.7. The average Bonchev–Trinajstić information content (AvgIpc) is 0.892. The maximum absolute atomic E-state index is 13.2. The Bertz CT molecular complexity index is 2130. The van der Waals surface area contributed by atoms with Crippen LogP contribution in [0.25, 0.3) is 0 Å². The highest BCUT2D eigenvalue weighted by Crippen LogP contribution is 2.45. The van der Waals surface area contributed by atoms with E-state index in [0.717, 1.165) is 114 Å². The van der Waals surface area contributed by atoms with Crippen molar-refractivity contribution >= 4 is 39.5 Å². The number of ether oxygens (including phenoxy) is 4. The van der Waals surface area contributed by atoms with E-state index in [2.05, 4.69) is 55.4 Å². The molecule has 0 aliphatic carbocycles. The zero-order chi connectivity index (χ0) is 80.9. The van der Waals surface area contributed by atoms with E-state index in [4.69, 9.17) is 37.0 Å². The number of phosphoric ester groups is 2. The first-order valence-corrected chi connectivity index (χ1v) is 49.8. The maximum Gasteiger partial charge on any atom is 0.472 e. The second-order valence-corrected chi connectivity index (χ2v) is 37.0. The summed E-state index contributed by atoms with van der Waals surface area (Å²) in [7, 11) is -9.94. The van der Waals surface area contributed by atoms with Gasteiger partial charge in [0.05, 0.1) is 26.4 Å². The van der Waals surface area contributed by atoms with E-state index < -0.39 is 97.5 Å². The molecule has 0 saturated carbocycles. The first-order valence-electron chi connectivity index (χ1n) is 46.8. The number of hydrogen-bond acceptors (Lipinski definition) is 15. The minimum absolute atomic E-state index is 0.107. The van der Waals surface area contributed by atoms with E-state index in [9.17, 15) is 43.2 Å². The summed E-state index contributed by atoms with van der Waals surface area (Å²) in [5.74, 6) is 1.12. The van der Waals surface area contributed by atoms with E-state index in [0.29, 0.717) is 31.6 Å². The van der Waals surface area contributed by atoms with Crippen LogP contribution in [0.15, 0.2) is 0 Å². The molecule has 0 aliphatic rings. The molecule has 0 fully saturated rings. The van der Waals surface area contributed by atoms with Crippen LogP contribution >= 0.6 is 15.6 Å². The second-order valence-electron chi connectivity index (χ2n) is 34.1. The van der Waals surface area contributed by atoms with Gasteiger partial charge in [-0.15, -0.1) is 0 Å². The molecule has 110 heavy (non-hydrogen) atoms. The lowest BCUT2D eigenvalue weighted by Crippen LogP contribution is -2.30. The summed E-state index contributed by atoms with van der Waals surface area (Å²) < 4.78 is 69.0. The van der Waals surface area contributed by atoms with Gasteiger partial charge in [-0.25, -0.2) is 9.13 Å². The van der Waals surface area contributed by atoms with Crippen molar-refractivity contribution in [2.24, 2.45) is 23.7 Å². The molecule has 0 amide bonds. The van der Waals surface area contributed by atoms with Gasteiger partial charge >= 0.3 is 39.5 Å². The summed E-state index contributed by atoms with van der Waals surface area (Å²) in [4.78, 5) is 73.3. The maximum atomic E-state index is 13.2. The predicted molar refractivity (Wildman–Crippen MR) is 455 cm³/mol. The molecule has 0 rings (SSSR count). The van der Waals surface area contributed by atoms with Crippen LogP contribution in [-0.4, -0.2) is 96.7 Å². The van der Waals surface area contributed by atoms with Crippen molar-refractivity contribution in [3.63, 3.8) is 0 Å². The quantitative estimate of drug-likeness (QED) is 0.0222. The third kappa shape index (κ3) is 81.2. The van der Waals surface area contributed by atoms with Gasteiger partial charge in [-0.3, -0.25) is 37.3 Å². The molecule has 3 N–H and O–H groups in total.